The van der Waals surface area contributed by atoms with Crippen molar-refractivity contribution in [2.45, 2.75) is 25.9 Å². The summed E-state index contributed by atoms with van der Waals surface area (Å²) in [6.45, 7) is 1.78. The quantitative estimate of drug-likeness (QED) is 0.770. The molecule has 2 heteroatoms. The second kappa shape index (κ2) is 5.17. The molecular formula is C13H19NO. The third-order valence-corrected chi connectivity index (χ3v) is 2.88. The van der Waals surface area contributed by atoms with Crippen molar-refractivity contribution in [3.63, 3.8) is 0 Å². The van der Waals surface area contributed by atoms with Gasteiger partial charge in [-0.05, 0) is 18.4 Å². The number of hydrogen-bond donors (Lipinski definition) is 1. The third-order valence-electron chi connectivity index (χ3n) is 2.88. The molecule has 0 spiro atoms. The van der Waals surface area contributed by atoms with Gasteiger partial charge in [-0.25, -0.2) is 0 Å². The summed E-state index contributed by atoms with van der Waals surface area (Å²) in [7, 11) is 1.74. The second-order valence-corrected chi connectivity index (χ2v) is 4.25. The van der Waals surface area contributed by atoms with Gasteiger partial charge >= 0.3 is 0 Å². The Morgan fingerprint density at radius 2 is 2.13 bits per heavy atom. The monoisotopic (exact) mass is 205 g/mol. The predicted molar refractivity (Wildman–Crippen MR) is 63.0 cm³/mol. The van der Waals surface area contributed by atoms with Crippen LogP contribution in [0.4, 0.5) is 5.69 Å². The first-order chi connectivity index (χ1) is 7.40. The molecule has 0 bridgehead atoms. The predicted octanol–water partition coefficient (Wildman–Crippen LogP) is 3.05. The molecule has 0 atom stereocenters. The van der Waals surface area contributed by atoms with Crippen molar-refractivity contribution in [1.29, 1.82) is 0 Å². The van der Waals surface area contributed by atoms with Crippen molar-refractivity contribution < 1.29 is 4.74 Å². The Kier molecular flexibility index (Phi) is 3.62. The van der Waals surface area contributed by atoms with E-state index in [9.17, 15) is 0 Å². The van der Waals surface area contributed by atoms with Crippen molar-refractivity contribution in [2.24, 2.45) is 5.92 Å². The van der Waals surface area contributed by atoms with E-state index in [0.29, 0.717) is 6.61 Å². The maximum atomic E-state index is 5.17. The van der Waals surface area contributed by atoms with Crippen molar-refractivity contribution in [1.82, 2.24) is 0 Å². The molecule has 0 amide bonds. The van der Waals surface area contributed by atoms with Crippen LogP contribution < -0.4 is 5.32 Å². The Balaban J connectivity index is 1.86. The molecule has 82 valence electrons. The molecule has 0 aromatic heterocycles. The number of rotatable bonds is 6. The fourth-order valence-electron chi connectivity index (χ4n) is 1.79. The van der Waals surface area contributed by atoms with Crippen molar-refractivity contribution in [3.8, 4) is 0 Å². The largest absolute Gasteiger partial charge is 0.385 e. The van der Waals surface area contributed by atoms with Crippen LogP contribution in [0.25, 0.3) is 0 Å². The molecule has 0 radical (unpaired) electrons. The molecule has 1 aliphatic carbocycles. The summed E-state index contributed by atoms with van der Waals surface area (Å²) in [5.41, 5.74) is 2.47. The van der Waals surface area contributed by atoms with Gasteiger partial charge in [0.15, 0.2) is 0 Å². The standard InChI is InChI=1S/C13H19NO/c1-15-10-12-4-2-3-5-13(12)14-9-8-11-6-7-11/h2-5,11,14H,6-10H2,1H3. The molecule has 1 aromatic carbocycles. The smallest absolute Gasteiger partial charge is 0.0733 e. The van der Waals surface area contributed by atoms with Crippen LogP contribution in [0.5, 0.6) is 0 Å². The van der Waals surface area contributed by atoms with Gasteiger partial charge in [-0.1, -0.05) is 31.0 Å². The van der Waals surface area contributed by atoms with E-state index in [2.05, 4.69) is 29.6 Å². The van der Waals surface area contributed by atoms with Gasteiger partial charge in [-0.2, -0.15) is 0 Å². The molecule has 15 heavy (non-hydrogen) atoms. The maximum Gasteiger partial charge on any atom is 0.0733 e. The lowest BCUT2D eigenvalue weighted by Crippen LogP contribution is -2.05. The molecule has 1 aliphatic rings. The Bertz CT molecular complexity index is 307. The van der Waals surface area contributed by atoms with E-state index in [0.717, 1.165) is 12.5 Å². The van der Waals surface area contributed by atoms with Crippen molar-refractivity contribution in [3.05, 3.63) is 29.8 Å². The summed E-state index contributed by atoms with van der Waals surface area (Å²) in [5.74, 6) is 0.993. The first-order valence-electron chi connectivity index (χ1n) is 5.71. The van der Waals surface area contributed by atoms with Crippen LogP contribution in [0.2, 0.25) is 0 Å². The SMILES string of the molecule is COCc1ccccc1NCCC1CC1. The Morgan fingerprint density at radius 3 is 2.87 bits per heavy atom. The summed E-state index contributed by atoms with van der Waals surface area (Å²) in [5, 5.41) is 3.49. The number of nitrogens with one attached hydrogen (secondary N) is 1. The maximum absolute atomic E-state index is 5.17. The van der Waals surface area contributed by atoms with Crippen LogP contribution in [0, 0.1) is 5.92 Å². The van der Waals surface area contributed by atoms with Crippen LogP contribution in [0.1, 0.15) is 24.8 Å². The zero-order valence-corrected chi connectivity index (χ0v) is 9.33. The number of benzene rings is 1. The third kappa shape index (κ3) is 3.24. The Labute approximate surface area is 91.6 Å². The summed E-state index contributed by atoms with van der Waals surface area (Å²) >= 11 is 0. The van der Waals surface area contributed by atoms with Crippen LogP contribution >= 0.6 is 0 Å². The summed E-state index contributed by atoms with van der Waals surface area (Å²) in [6, 6.07) is 8.36. The van der Waals surface area contributed by atoms with E-state index in [1.807, 2.05) is 0 Å². The highest BCUT2D eigenvalue weighted by atomic mass is 16.5. The number of para-hydroxylation sites is 1. The first kappa shape index (κ1) is 10.5. The summed E-state index contributed by atoms with van der Waals surface area (Å²) < 4.78 is 5.17. The van der Waals surface area contributed by atoms with Crippen molar-refractivity contribution in [2.75, 3.05) is 19.0 Å². The van der Waals surface area contributed by atoms with Gasteiger partial charge in [0, 0.05) is 24.9 Å². The number of hydrogen-bond acceptors (Lipinski definition) is 2. The normalized spacial score (nSPS) is 15.3. The molecule has 0 heterocycles. The van der Waals surface area contributed by atoms with Gasteiger partial charge in [0.2, 0.25) is 0 Å². The van der Waals surface area contributed by atoms with Gasteiger partial charge < -0.3 is 10.1 Å². The summed E-state index contributed by atoms with van der Waals surface area (Å²) in [4.78, 5) is 0. The van der Waals surface area contributed by atoms with E-state index < -0.39 is 0 Å². The number of methoxy groups -OCH3 is 1. The van der Waals surface area contributed by atoms with Gasteiger partial charge in [-0.3, -0.25) is 0 Å². The molecule has 0 unspecified atom stereocenters. The zero-order valence-electron chi connectivity index (χ0n) is 9.33. The minimum Gasteiger partial charge on any atom is -0.385 e. The van der Waals surface area contributed by atoms with Crippen LogP contribution in [0.15, 0.2) is 24.3 Å². The molecule has 0 aliphatic heterocycles. The van der Waals surface area contributed by atoms with Gasteiger partial charge in [-0.15, -0.1) is 0 Å². The lowest BCUT2D eigenvalue weighted by atomic mass is 10.2. The molecule has 1 saturated carbocycles. The van der Waals surface area contributed by atoms with E-state index >= 15 is 0 Å². The van der Waals surface area contributed by atoms with Crippen molar-refractivity contribution >= 4 is 5.69 Å². The molecule has 1 aromatic rings. The van der Waals surface area contributed by atoms with E-state index in [-0.39, 0.29) is 0 Å². The van der Waals surface area contributed by atoms with Crippen LogP contribution in [-0.4, -0.2) is 13.7 Å². The molecule has 1 N–H and O–H groups in total. The minimum absolute atomic E-state index is 0.687. The molecular weight excluding hydrogens is 186 g/mol. The second-order valence-electron chi connectivity index (χ2n) is 4.25. The number of ether oxygens (including phenoxy) is 1. The highest BCUT2D eigenvalue weighted by Crippen LogP contribution is 2.32. The zero-order chi connectivity index (χ0) is 10.5. The molecule has 2 rings (SSSR count). The van der Waals surface area contributed by atoms with Crippen LogP contribution in [0.3, 0.4) is 0 Å². The van der Waals surface area contributed by atoms with Gasteiger partial charge in [0.1, 0.15) is 0 Å². The van der Waals surface area contributed by atoms with E-state index in [1.54, 1.807) is 7.11 Å². The average molecular weight is 205 g/mol. The fourth-order valence-corrected chi connectivity index (χ4v) is 1.79. The minimum atomic E-state index is 0.687. The average Bonchev–Trinajstić information content (AvgIpc) is 3.05. The van der Waals surface area contributed by atoms with Gasteiger partial charge in [0.05, 0.1) is 6.61 Å². The highest BCUT2D eigenvalue weighted by molar-refractivity contribution is 5.50. The topological polar surface area (TPSA) is 21.3 Å². The number of anilines is 1. The lowest BCUT2D eigenvalue weighted by molar-refractivity contribution is 0.185. The summed E-state index contributed by atoms with van der Waals surface area (Å²) in [6.07, 6.45) is 4.17. The Hall–Kier alpha value is -1.02. The van der Waals surface area contributed by atoms with Crippen LogP contribution in [-0.2, 0) is 11.3 Å². The van der Waals surface area contributed by atoms with E-state index in [1.165, 1.54) is 30.5 Å². The van der Waals surface area contributed by atoms with E-state index in [4.69, 9.17) is 4.74 Å². The fraction of sp³-hybridized carbons (Fsp3) is 0.538. The first-order valence-corrected chi connectivity index (χ1v) is 5.71. The molecule has 0 saturated heterocycles. The lowest BCUT2D eigenvalue weighted by Gasteiger charge is -2.10. The van der Waals surface area contributed by atoms with Gasteiger partial charge in [0.25, 0.3) is 0 Å². The molecule has 2 nitrogen and oxygen atoms in total. The highest BCUT2D eigenvalue weighted by Gasteiger charge is 2.20. The Morgan fingerprint density at radius 1 is 1.33 bits per heavy atom. The molecule has 1 fully saturated rings.